The summed E-state index contributed by atoms with van der Waals surface area (Å²) in [6.07, 6.45) is 3.05. The predicted octanol–water partition coefficient (Wildman–Crippen LogP) is 2.17. The van der Waals surface area contributed by atoms with Crippen LogP contribution in [0.2, 0.25) is 5.02 Å². The van der Waals surface area contributed by atoms with E-state index in [1.807, 2.05) is 6.07 Å². The first-order chi connectivity index (χ1) is 11.1. The number of nitrogens with one attached hydrogen (secondary N) is 2. The summed E-state index contributed by atoms with van der Waals surface area (Å²) >= 11 is 6.41. The van der Waals surface area contributed by atoms with E-state index in [0.29, 0.717) is 17.9 Å². The fourth-order valence-corrected chi connectivity index (χ4v) is 3.31. The van der Waals surface area contributed by atoms with Gasteiger partial charge in [0.2, 0.25) is 5.91 Å². The van der Waals surface area contributed by atoms with E-state index >= 15 is 0 Å². The lowest BCUT2D eigenvalue weighted by atomic mass is 9.86. The minimum absolute atomic E-state index is 0.0585. The fourth-order valence-electron chi connectivity index (χ4n) is 3.02. The molecule has 0 radical (unpaired) electrons. The van der Waals surface area contributed by atoms with Gasteiger partial charge in [-0.2, -0.15) is 5.10 Å². The number of carbonyl (C=O) groups is 2. The highest BCUT2D eigenvalue weighted by Gasteiger charge is 2.23. The number of amides is 2. The molecule has 2 amide bonds. The lowest BCUT2D eigenvalue weighted by Crippen LogP contribution is -2.38. The van der Waals surface area contributed by atoms with Crippen molar-refractivity contribution in [2.24, 2.45) is 5.10 Å². The van der Waals surface area contributed by atoms with Gasteiger partial charge in [-0.1, -0.05) is 11.6 Å². The van der Waals surface area contributed by atoms with Crippen LogP contribution in [0.15, 0.2) is 17.2 Å². The summed E-state index contributed by atoms with van der Waals surface area (Å²) in [6.45, 7) is 0. The van der Waals surface area contributed by atoms with Crippen LogP contribution in [0.3, 0.4) is 0 Å². The van der Waals surface area contributed by atoms with Gasteiger partial charge in [0.05, 0.1) is 12.8 Å². The molecule has 122 valence electrons. The van der Waals surface area contributed by atoms with Crippen molar-refractivity contribution in [2.45, 2.75) is 38.1 Å². The number of halogens is 1. The number of ether oxygens (including phenoxy) is 1. The second kappa shape index (κ2) is 6.58. The Labute approximate surface area is 139 Å². The summed E-state index contributed by atoms with van der Waals surface area (Å²) in [4.78, 5) is 22.5. The summed E-state index contributed by atoms with van der Waals surface area (Å²) < 4.78 is 4.65. The Morgan fingerprint density at radius 1 is 1.35 bits per heavy atom. The van der Waals surface area contributed by atoms with E-state index in [2.05, 4.69) is 26.6 Å². The molecule has 3 rings (SSSR count). The number of hydrogen-bond acceptors (Lipinski definition) is 4. The SMILES string of the molecule is COC(=O)NC1CCc2cc(C3=NNC(=O)CC3)c(Cl)cc2C1. The van der Waals surface area contributed by atoms with E-state index in [1.165, 1.54) is 12.7 Å². The van der Waals surface area contributed by atoms with Gasteiger partial charge < -0.3 is 10.1 Å². The van der Waals surface area contributed by atoms with E-state index < -0.39 is 6.09 Å². The number of fused-ring (bicyclic) bond motifs is 1. The molecular formula is C16H18ClN3O3. The van der Waals surface area contributed by atoms with Crippen LogP contribution in [0.25, 0.3) is 0 Å². The molecule has 1 aliphatic carbocycles. The zero-order valence-electron chi connectivity index (χ0n) is 12.8. The molecule has 1 heterocycles. The van der Waals surface area contributed by atoms with Gasteiger partial charge in [0.25, 0.3) is 0 Å². The highest BCUT2D eigenvalue weighted by atomic mass is 35.5. The molecular weight excluding hydrogens is 318 g/mol. The standard InChI is InChI=1S/C16H18ClN3O3/c1-23-16(22)18-11-3-2-9-7-12(13(17)8-10(9)6-11)14-4-5-15(21)20-19-14/h7-8,11H,2-6H2,1H3,(H,18,22)(H,20,21). The van der Waals surface area contributed by atoms with Crippen LogP contribution in [0.5, 0.6) is 0 Å². The minimum atomic E-state index is -0.409. The molecule has 0 saturated carbocycles. The lowest BCUT2D eigenvalue weighted by Gasteiger charge is -2.26. The molecule has 1 unspecified atom stereocenters. The molecule has 23 heavy (non-hydrogen) atoms. The molecule has 1 aromatic carbocycles. The van der Waals surface area contributed by atoms with Gasteiger partial charge in [0.1, 0.15) is 0 Å². The molecule has 0 saturated heterocycles. The van der Waals surface area contributed by atoms with Crippen molar-refractivity contribution in [3.8, 4) is 0 Å². The smallest absolute Gasteiger partial charge is 0.407 e. The number of nitrogens with zero attached hydrogens (tertiary/aromatic N) is 1. The van der Waals surface area contributed by atoms with Crippen molar-refractivity contribution in [3.63, 3.8) is 0 Å². The van der Waals surface area contributed by atoms with Crippen molar-refractivity contribution in [1.82, 2.24) is 10.7 Å². The highest BCUT2D eigenvalue weighted by molar-refractivity contribution is 6.34. The van der Waals surface area contributed by atoms with E-state index in [-0.39, 0.29) is 11.9 Å². The maximum absolute atomic E-state index is 11.3. The molecule has 0 bridgehead atoms. The monoisotopic (exact) mass is 335 g/mol. The van der Waals surface area contributed by atoms with Gasteiger partial charge in [-0.15, -0.1) is 0 Å². The molecule has 0 spiro atoms. The Morgan fingerprint density at radius 3 is 2.87 bits per heavy atom. The predicted molar refractivity (Wildman–Crippen MR) is 86.7 cm³/mol. The highest BCUT2D eigenvalue weighted by Crippen LogP contribution is 2.29. The third kappa shape index (κ3) is 3.47. The summed E-state index contributed by atoms with van der Waals surface area (Å²) in [5.74, 6) is -0.0699. The molecule has 1 aliphatic heterocycles. The van der Waals surface area contributed by atoms with Crippen LogP contribution in [0, 0.1) is 0 Å². The van der Waals surface area contributed by atoms with Crippen molar-refractivity contribution in [2.75, 3.05) is 7.11 Å². The number of methoxy groups -OCH3 is 1. The van der Waals surface area contributed by atoms with Crippen LogP contribution in [0.1, 0.15) is 36.0 Å². The third-order valence-electron chi connectivity index (χ3n) is 4.24. The zero-order valence-corrected chi connectivity index (χ0v) is 13.6. The van der Waals surface area contributed by atoms with E-state index in [0.717, 1.165) is 36.1 Å². The zero-order chi connectivity index (χ0) is 16.4. The van der Waals surface area contributed by atoms with Crippen molar-refractivity contribution in [3.05, 3.63) is 33.8 Å². The molecule has 0 aromatic heterocycles. The minimum Gasteiger partial charge on any atom is -0.453 e. The number of benzene rings is 1. The number of aryl methyl sites for hydroxylation is 1. The van der Waals surface area contributed by atoms with E-state index in [1.54, 1.807) is 0 Å². The van der Waals surface area contributed by atoms with Gasteiger partial charge in [-0.3, -0.25) is 4.79 Å². The van der Waals surface area contributed by atoms with Gasteiger partial charge >= 0.3 is 6.09 Å². The van der Waals surface area contributed by atoms with Crippen LogP contribution in [-0.2, 0) is 22.4 Å². The maximum Gasteiger partial charge on any atom is 0.407 e. The molecule has 7 heteroatoms. The second-order valence-corrected chi connectivity index (χ2v) is 6.18. The van der Waals surface area contributed by atoms with Crippen molar-refractivity contribution in [1.29, 1.82) is 0 Å². The topological polar surface area (TPSA) is 79.8 Å². The van der Waals surface area contributed by atoms with Crippen LogP contribution < -0.4 is 10.7 Å². The average Bonchev–Trinajstić information content (AvgIpc) is 2.55. The largest absolute Gasteiger partial charge is 0.453 e. The van der Waals surface area contributed by atoms with Gasteiger partial charge in [0, 0.05) is 29.5 Å². The lowest BCUT2D eigenvalue weighted by molar-refractivity contribution is -0.121. The number of alkyl carbamates (subject to hydrolysis) is 1. The first-order valence-electron chi connectivity index (χ1n) is 7.58. The van der Waals surface area contributed by atoms with Gasteiger partial charge in [-0.05, 0) is 42.5 Å². The number of hydrazone groups is 1. The summed E-state index contributed by atoms with van der Waals surface area (Å²) in [7, 11) is 1.36. The normalized spacial score (nSPS) is 20.2. The Bertz CT molecular complexity index is 687. The molecule has 0 fully saturated rings. The number of carbonyl (C=O) groups excluding carboxylic acids is 2. The average molecular weight is 336 g/mol. The molecule has 6 nitrogen and oxygen atoms in total. The van der Waals surface area contributed by atoms with Crippen LogP contribution in [-0.4, -0.2) is 30.9 Å². The fraction of sp³-hybridized carbons (Fsp3) is 0.438. The van der Waals surface area contributed by atoms with E-state index in [9.17, 15) is 9.59 Å². The molecule has 1 atom stereocenters. The quantitative estimate of drug-likeness (QED) is 0.869. The summed E-state index contributed by atoms with van der Waals surface area (Å²) in [5, 5.41) is 7.57. The van der Waals surface area contributed by atoms with Crippen molar-refractivity contribution >= 4 is 29.3 Å². The summed E-state index contributed by atoms with van der Waals surface area (Å²) in [5.41, 5.74) is 6.54. The van der Waals surface area contributed by atoms with Crippen LogP contribution >= 0.6 is 11.6 Å². The van der Waals surface area contributed by atoms with Crippen molar-refractivity contribution < 1.29 is 14.3 Å². The Kier molecular flexibility index (Phi) is 4.52. The first kappa shape index (κ1) is 15.8. The second-order valence-electron chi connectivity index (χ2n) is 5.77. The third-order valence-corrected chi connectivity index (χ3v) is 4.55. The number of rotatable bonds is 2. The Morgan fingerprint density at radius 2 is 2.17 bits per heavy atom. The van der Waals surface area contributed by atoms with Crippen LogP contribution in [0.4, 0.5) is 4.79 Å². The molecule has 2 aliphatic rings. The van der Waals surface area contributed by atoms with E-state index in [4.69, 9.17) is 11.6 Å². The van der Waals surface area contributed by atoms with Gasteiger partial charge in [-0.25, -0.2) is 10.2 Å². The number of hydrogen-bond donors (Lipinski definition) is 2. The molecule has 1 aromatic rings. The summed E-state index contributed by atoms with van der Waals surface area (Å²) in [6, 6.07) is 4.06. The van der Waals surface area contributed by atoms with Gasteiger partial charge in [0.15, 0.2) is 0 Å². The Hall–Kier alpha value is -2.08. The first-order valence-corrected chi connectivity index (χ1v) is 7.96. The maximum atomic E-state index is 11.3. The molecule has 2 N–H and O–H groups in total. The Balaban J connectivity index is 1.81.